The molecule has 0 spiro atoms. The second-order valence-electron chi connectivity index (χ2n) is 4.31. The third-order valence-electron chi connectivity index (χ3n) is 2.38. The molecule has 0 aliphatic rings. The van der Waals surface area contributed by atoms with Crippen LogP contribution in [0.4, 0.5) is 31.0 Å². The van der Waals surface area contributed by atoms with E-state index in [0.29, 0.717) is 12.5 Å². The molecule has 1 N–H and O–H groups in total. The van der Waals surface area contributed by atoms with Gasteiger partial charge in [0.25, 0.3) is 0 Å². The topological polar surface area (TPSA) is 57.2 Å². The Balaban J connectivity index is 3.13. The summed E-state index contributed by atoms with van der Waals surface area (Å²) in [5.41, 5.74) is 0. The zero-order valence-corrected chi connectivity index (χ0v) is 12.0. The van der Waals surface area contributed by atoms with Crippen molar-refractivity contribution < 1.29 is 13.2 Å². The Labute approximate surface area is 116 Å². The number of halogens is 3. The Morgan fingerprint density at radius 2 is 1.65 bits per heavy atom. The summed E-state index contributed by atoms with van der Waals surface area (Å²) in [7, 11) is 3.43. The van der Waals surface area contributed by atoms with Crippen molar-refractivity contribution >= 4 is 17.8 Å². The zero-order chi connectivity index (χ0) is 15.3. The summed E-state index contributed by atoms with van der Waals surface area (Å²) in [6.07, 6.45) is -4.31. The lowest BCUT2D eigenvalue weighted by molar-refractivity contribution is -0.119. The molecule has 0 aliphatic carbocycles. The number of anilines is 3. The summed E-state index contributed by atoms with van der Waals surface area (Å²) in [5.74, 6) is 0.591. The summed E-state index contributed by atoms with van der Waals surface area (Å²) < 4.78 is 37.6. The molecule has 6 nitrogen and oxygen atoms in total. The van der Waals surface area contributed by atoms with Gasteiger partial charge in [-0.2, -0.15) is 28.1 Å². The Bertz CT molecular complexity index is 435. The number of aromatic nitrogens is 3. The van der Waals surface area contributed by atoms with Crippen LogP contribution >= 0.6 is 0 Å². The summed E-state index contributed by atoms with van der Waals surface area (Å²) in [4.78, 5) is 14.9. The van der Waals surface area contributed by atoms with Gasteiger partial charge in [-0.15, -0.1) is 0 Å². The highest BCUT2D eigenvalue weighted by Gasteiger charge is 2.31. The number of nitrogens with zero attached hydrogens (tertiary/aromatic N) is 5. The monoisotopic (exact) mass is 292 g/mol. The van der Waals surface area contributed by atoms with Gasteiger partial charge in [-0.25, -0.2) is 0 Å². The van der Waals surface area contributed by atoms with E-state index in [0.717, 1.165) is 4.90 Å². The molecule has 20 heavy (non-hydrogen) atoms. The van der Waals surface area contributed by atoms with Gasteiger partial charge in [0.1, 0.15) is 6.54 Å². The second kappa shape index (κ2) is 6.58. The molecule has 9 heteroatoms. The highest BCUT2D eigenvalue weighted by molar-refractivity contribution is 5.44. The van der Waals surface area contributed by atoms with E-state index in [-0.39, 0.29) is 18.4 Å². The maximum absolute atomic E-state index is 12.5. The van der Waals surface area contributed by atoms with Crippen molar-refractivity contribution in [2.75, 3.05) is 48.8 Å². The average molecular weight is 292 g/mol. The third-order valence-corrected chi connectivity index (χ3v) is 2.38. The minimum atomic E-state index is -4.31. The molecule has 0 aromatic carbocycles. The van der Waals surface area contributed by atoms with Gasteiger partial charge < -0.3 is 15.1 Å². The largest absolute Gasteiger partial charge is 0.406 e. The fraction of sp³-hybridized carbons (Fsp3) is 0.727. The average Bonchev–Trinajstić information content (AvgIpc) is 2.34. The van der Waals surface area contributed by atoms with Crippen LogP contribution in [0.25, 0.3) is 0 Å². The van der Waals surface area contributed by atoms with Crippen LogP contribution in [0.3, 0.4) is 0 Å². The molecule has 0 fully saturated rings. The van der Waals surface area contributed by atoms with Crippen molar-refractivity contribution in [2.45, 2.75) is 20.0 Å². The van der Waals surface area contributed by atoms with Gasteiger partial charge in [-0.05, 0) is 13.8 Å². The summed E-state index contributed by atoms with van der Waals surface area (Å²) in [6, 6.07) is 0. The van der Waals surface area contributed by atoms with Crippen LogP contribution in [0, 0.1) is 0 Å². The molecule has 0 saturated carbocycles. The van der Waals surface area contributed by atoms with Crippen LogP contribution < -0.4 is 15.1 Å². The summed E-state index contributed by atoms with van der Waals surface area (Å²) in [5, 5.41) is 2.89. The molecule has 0 bridgehead atoms. The first kappa shape index (κ1) is 16.3. The third kappa shape index (κ3) is 4.71. The Kier molecular flexibility index (Phi) is 5.34. The second-order valence-corrected chi connectivity index (χ2v) is 4.31. The van der Waals surface area contributed by atoms with Gasteiger partial charge in [-0.3, -0.25) is 0 Å². The molecule has 1 aromatic heterocycles. The van der Waals surface area contributed by atoms with Crippen molar-refractivity contribution in [2.24, 2.45) is 0 Å². The van der Waals surface area contributed by atoms with Crippen LogP contribution in [0.2, 0.25) is 0 Å². The van der Waals surface area contributed by atoms with E-state index >= 15 is 0 Å². The first-order chi connectivity index (χ1) is 9.26. The number of rotatable bonds is 6. The molecule has 0 radical (unpaired) electrons. The molecule has 1 rings (SSSR count). The highest BCUT2D eigenvalue weighted by atomic mass is 19.4. The van der Waals surface area contributed by atoms with E-state index in [4.69, 9.17) is 0 Å². The van der Waals surface area contributed by atoms with Crippen LogP contribution in [0.5, 0.6) is 0 Å². The van der Waals surface area contributed by atoms with Gasteiger partial charge >= 0.3 is 6.18 Å². The molecule has 0 aliphatic heterocycles. The van der Waals surface area contributed by atoms with E-state index < -0.39 is 12.7 Å². The summed E-state index contributed by atoms with van der Waals surface area (Å²) >= 11 is 0. The highest BCUT2D eigenvalue weighted by Crippen LogP contribution is 2.21. The van der Waals surface area contributed by atoms with E-state index in [2.05, 4.69) is 20.3 Å². The van der Waals surface area contributed by atoms with Crippen molar-refractivity contribution in [3.63, 3.8) is 0 Å². The molecule has 114 valence electrons. The van der Waals surface area contributed by atoms with E-state index in [1.165, 1.54) is 0 Å². The van der Waals surface area contributed by atoms with Crippen molar-refractivity contribution in [1.82, 2.24) is 15.0 Å². The lowest BCUT2D eigenvalue weighted by Crippen LogP contribution is -2.35. The van der Waals surface area contributed by atoms with Crippen molar-refractivity contribution in [3.8, 4) is 0 Å². The lowest BCUT2D eigenvalue weighted by Gasteiger charge is -2.23. The van der Waals surface area contributed by atoms with Gasteiger partial charge in [0.05, 0.1) is 0 Å². The number of hydrogen-bond donors (Lipinski definition) is 1. The lowest BCUT2D eigenvalue weighted by atomic mass is 10.5. The molecular formula is C11H19F3N6. The first-order valence-electron chi connectivity index (χ1n) is 6.25. The Morgan fingerprint density at radius 1 is 1.05 bits per heavy atom. The van der Waals surface area contributed by atoms with Gasteiger partial charge in [0, 0.05) is 27.2 Å². The predicted molar refractivity (Wildman–Crippen MR) is 72.3 cm³/mol. The van der Waals surface area contributed by atoms with Crippen LogP contribution in [-0.2, 0) is 0 Å². The molecule has 0 saturated heterocycles. The Hall–Kier alpha value is -1.80. The smallest absolute Gasteiger partial charge is 0.354 e. The molecule has 0 unspecified atom stereocenters. The van der Waals surface area contributed by atoms with Crippen LogP contribution in [-0.4, -0.2) is 54.9 Å². The fourth-order valence-electron chi connectivity index (χ4n) is 1.47. The SMILES string of the molecule is CCNc1nc(N(C)C)nc(N(CC)CC(F)(F)F)n1. The maximum atomic E-state index is 12.5. The van der Waals surface area contributed by atoms with Crippen LogP contribution in [0.1, 0.15) is 13.8 Å². The van der Waals surface area contributed by atoms with Gasteiger partial charge in [-0.1, -0.05) is 0 Å². The minimum absolute atomic E-state index is 0.0134. The molecule has 1 heterocycles. The van der Waals surface area contributed by atoms with Crippen molar-refractivity contribution in [1.29, 1.82) is 0 Å². The number of alkyl halides is 3. The fourth-order valence-corrected chi connectivity index (χ4v) is 1.47. The zero-order valence-electron chi connectivity index (χ0n) is 12.0. The number of hydrogen-bond acceptors (Lipinski definition) is 6. The van der Waals surface area contributed by atoms with E-state index in [1.54, 1.807) is 25.9 Å². The molecule has 0 amide bonds. The predicted octanol–water partition coefficient (Wildman–Crippen LogP) is 1.76. The Morgan fingerprint density at radius 3 is 2.10 bits per heavy atom. The molecular weight excluding hydrogens is 273 g/mol. The van der Waals surface area contributed by atoms with E-state index in [1.807, 2.05) is 6.92 Å². The maximum Gasteiger partial charge on any atom is 0.406 e. The standard InChI is InChI=1S/C11H19F3N6/c1-5-15-8-16-9(19(3)4)18-10(17-8)20(6-2)7-11(12,13)14/h5-7H2,1-4H3,(H,15,16,17,18). The van der Waals surface area contributed by atoms with E-state index in [9.17, 15) is 13.2 Å². The number of nitrogens with one attached hydrogen (secondary N) is 1. The van der Waals surface area contributed by atoms with Crippen LogP contribution in [0.15, 0.2) is 0 Å². The first-order valence-corrected chi connectivity index (χ1v) is 6.25. The normalized spacial score (nSPS) is 11.3. The van der Waals surface area contributed by atoms with Gasteiger partial charge in [0.2, 0.25) is 17.8 Å². The summed E-state index contributed by atoms with van der Waals surface area (Å²) in [6.45, 7) is 3.11. The molecule has 1 aromatic rings. The minimum Gasteiger partial charge on any atom is -0.354 e. The molecule has 0 atom stereocenters. The van der Waals surface area contributed by atoms with Gasteiger partial charge in [0.15, 0.2) is 0 Å². The quantitative estimate of drug-likeness (QED) is 0.862. The van der Waals surface area contributed by atoms with Crippen molar-refractivity contribution in [3.05, 3.63) is 0 Å².